The molecule has 4 aromatic carbocycles. The molecule has 0 bridgehead atoms. The highest BCUT2D eigenvalue weighted by molar-refractivity contribution is 7.98. The molecular formula is C41H43N5O4S. The fourth-order valence-corrected chi connectivity index (χ4v) is 7.82. The van der Waals surface area contributed by atoms with E-state index in [0.717, 1.165) is 42.8 Å². The number of nitro groups is 1. The van der Waals surface area contributed by atoms with E-state index in [1.807, 2.05) is 56.3 Å². The lowest BCUT2D eigenvalue weighted by Gasteiger charge is -2.46. The van der Waals surface area contributed by atoms with E-state index in [1.54, 1.807) is 30.1 Å². The Morgan fingerprint density at radius 3 is 2.14 bits per heavy atom. The molecule has 1 saturated heterocycles. The molecule has 1 amide bonds. The summed E-state index contributed by atoms with van der Waals surface area (Å²) >= 11 is 1.54. The summed E-state index contributed by atoms with van der Waals surface area (Å²) < 4.78 is 5.54. The van der Waals surface area contributed by atoms with Crippen molar-refractivity contribution in [1.29, 1.82) is 0 Å². The van der Waals surface area contributed by atoms with E-state index in [9.17, 15) is 14.9 Å². The van der Waals surface area contributed by atoms with Crippen LogP contribution in [0.1, 0.15) is 72.0 Å². The van der Waals surface area contributed by atoms with E-state index in [-0.39, 0.29) is 39.8 Å². The highest BCUT2D eigenvalue weighted by atomic mass is 32.2. The van der Waals surface area contributed by atoms with E-state index in [4.69, 9.17) is 4.74 Å². The van der Waals surface area contributed by atoms with Gasteiger partial charge in [0.05, 0.1) is 11.5 Å². The number of carbonyl (C=O) groups excluding carboxylic acids is 1. The molecule has 5 aromatic rings. The van der Waals surface area contributed by atoms with E-state index >= 15 is 0 Å². The van der Waals surface area contributed by atoms with Gasteiger partial charge in [0.25, 0.3) is 11.6 Å². The Hall–Kier alpha value is -5.06. The number of rotatable bonds is 14. The molecule has 6 rings (SSSR count). The number of thioether (sulfide) groups is 1. The van der Waals surface area contributed by atoms with Gasteiger partial charge in [0.1, 0.15) is 10.8 Å². The minimum Gasteiger partial charge on any atom is -0.494 e. The fourth-order valence-electron chi connectivity index (χ4n) is 7.01. The summed E-state index contributed by atoms with van der Waals surface area (Å²) in [4.78, 5) is 35.8. The third kappa shape index (κ3) is 8.82. The summed E-state index contributed by atoms with van der Waals surface area (Å²) in [6.07, 6.45) is 4.06. The van der Waals surface area contributed by atoms with Crippen LogP contribution in [0.5, 0.6) is 5.75 Å². The molecule has 1 aliphatic heterocycles. The minimum absolute atomic E-state index is 0.0575. The number of carbonyl (C=O) groups is 1. The number of nitro benzene ring substituents is 1. The molecule has 1 fully saturated rings. The van der Waals surface area contributed by atoms with Gasteiger partial charge in [0, 0.05) is 41.6 Å². The van der Waals surface area contributed by atoms with Crippen molar-refractivity contribution in [3.05, 3.63) is 160 Å². The van der Waals surface area contributed by atoms with Gasteiger partial charge in [-0.2, -0.15) is 0 Å². The lowest BCUT2D eigenvalue weighted by atomic mass is 9.68. The van der Waals surface area contributed by atoms with Crippen LogP contribution in [0.15, 0.2) is 126 Å². The number of nitrogens with zero attached hydrogens (tertiary/aromatic N) is 4. The van der Waals surface area contributed by atoms with Crippen LogP contribution in [0.3, 0.4) is 0 Å². The zero-order chi connectivity index (χ0) is 35.6. The van der Waals surface area contributed by atoms with E-state index < -0.39 is 0 Å². The first-order valence-electron chi connectivity index (χ1n) is 17.4. The highest BCUT2D eigenvalue weighted by Gasteiger charge is 2.39. The Labute approximate surface area is 303 Å². The molecule has 0 aliphatic carbocycles. The predicted octanol–water partition coefficient (Wildman–Crippen LogP) is 8.41. The van der Waals surface area contributed by atoms with Crippen LogP contribution in [0, 0.1) is 10.1 Å². The standard InChI is InChI=1S/C41H43N5O4S/c1-3-50-36-20-14-31(15-21-36)29-51-38-22-25-42-39(44-38)40(47)43-30(2)28-37(32-16-18-35(19-17-32)46(48)49)45-26-23-41(24-27-45,33-10-6-4-7-11-33)34-12-8-5-9-13-34/h4-22,25,30,37H,3,23-24,26-29H2,1-2H3,(H,43,47). The number of hydrogen-bond acceptors (Lipinski definition) is 8. The monoisotopic (exact) mass is 701 g/mol. The molecule has 2 heterocycles. The van der Waals surface area contributed by atoms with E-state index in [1.165, 1.54) is 11.1 Å². The second kappa shape index (κ2) is 16.8. The van der Waals surface area contributed by atoms with Crippen LogP contribution in [-0.4, -0.2) is 51.4 Å². The van der Waals surface area contributed by atoms with Gasteiger partial charge in [0.15, 0.2) is 0 Å². The molecule has 0 spiro atoms. The number of non-ortho nitro benzene ring substituents is 1. The molecule has 10 heteroatoms. The van der Waals surface area contributed by atoms with Gasteiger partial charge in [-0.25, -0.2) is 9.97 Å². The number of nitrogens with one attached hydrogen (secondary N) is 1. The van der Waals surface area contributed by atoms with Crippen molar-refractivity contribution in [3.8, 4) is 5.75 Å². The van der Waals surface area contributed by atoms with Crippen LogP contribution in [0.2, 0.25) is 0 Å². The lowest BCUT2D eigenvalue weighted by Crippen LogP contribution is -2.46. The number of likely N-dealkylation sites (tertiary alicyclic amines) is 1. The lowest BCUT2D eigenvalue weighted by molar-refractivity contribution is -0.384. The average Bonchev–Trinajstić information content (AvgIpc) is 3.18. The van der Waals surface area contributed by atoms with E-state index in [2.05, 4.69) is 80.8 Å². The summed E-state index contributed by atoms with van der Waals surface area (Å²) in [5.74, 6) is 1.33. The number of amides is 1. The van der Waals surface area contributed by atoms with Crippen LogP contribution in [0.25, 0.3) is 0 Å². The molecule has 2 atom stereocenters. The Bertz CT molecular complexity index is 1840. The maximum Gasteiger partial charge on any atom is 0.289 e. The summed E-state index contributed by atoms with van der Waals surface area (Å²) in [5.41, 5.74) is 4.67. The van der Waals surface area contributed by atoms with Gasteiger partial charge in [0.2, 0.25) is 5.82 Å². The van der Waals surface area contributed by atoms with Crippen molar-refractivity contribution in [3.63, 3.8) is 0 Å². The smallest absolute Gasteiger partial charge is 0.289 e. The Morgan fingerprint density at radius 2 is 1.55 bits per heavy atom. The first kappa shape index (κ1) is 35.8. The maximum atomic E-state index is 13.4. The van der Waals surface area contributed by atoms with Crippen molar-refractivity contribution < 1.29 is 14.5 Å². The number of aromatic nitrogens is 2. The van der Waals surface area contributed by atoms with Crippen LogP contribution >= 0.6 is 11.8 Å². The summed E-state index contributed by atoms with van der Waals surface area (Å²) in [7, 11) is 0. The van der Waals surface area contributed by atoms with Crippen LogP contribution in [-0.2, 0) is 11.2 Å². The second-order valence-corrected chi connectivity index (χ2v) is 13.9. The Balaban J connectivity index is 1.15. The first-order valence-corrected chi connectivity index (χ1v) is 18.4. The van der Waals surface area contributed by atoms with Crippen molar-refractivity contribution in [2.45, 2.75) is 61.4 Å². The normalized spacial score (nSPS) is 15.4. The highest BCUT2D eigenvalue weighted by Crippen LogP contribution is 2.44. The fraction of sp³-hybridized carbons (Fsp3) is 0.293. The molecular weight excluding hydrogens is 659 g/mol. The number of benzene rings is 4. The quantitative estimate of drug-likeness (QED) is 0.0532. The SMILES string of the molecule is CCOc1ccc(CSc2ccnc(C(=O)NC(C)CC(c3ccc([N+](=O)[O-])cc3)N3CCC(c4ccccc4)(c4ccccc4)CC3)n2)cc1. The third-order valence-electron chi connectivity index (χ3n) is 9.64. The molecule has 1 aliphatic rings. The zero-order valence-electron chi connectivity index (χ0n) is 29.0. The summed E-state index contributed by atoms with van der Waals surface area (Å²) in [6.45, 7) is 6.22. The maximum absolute atomic E-state index is 13.4. The first-order chi connectivity index (χ1) is 24.8. The number of piperidine rings is 1. The molecule has 2 unspecified atom stereocenters. The molecule has 1 N–H and O–H groups in total. The largest absolute Gasteiger partial charge is 0.494 e. The molecule has 9 nitrogen and oxygen atoms in total. The third-order valence-corrected chi connectivity index (χ3v) is 10.6. The Kier molecular flexibility index (Phi) is 11.8. The van der Waals surface area contributed by atoms with Crippen molar-refractivity contribution in [1.82, 2.24) is 20.2 Å². The zero-order valence-corrected chi connectivity index (χ0v) is 29.8. The van der Waals surface area contributed by atoms with Crippen LogP contribution in [0.4, 0.5) is 5.69 Å². The van der Waals surface area contributed by atoms with Gasteiger partial charge in [-0.1, -0.05) is 84.9 Å². The number of hydrogen-bond donors (Lipinski definition) is 1. The predicted molar refractivity (Wildman–Crippen MR) is 201 cm³/mol. The minimum atomic E-state index is -0.374. The summed E-state index contributed by atoms with van der Waals surface area (Å²) in [5, 5.41) is 15.3. The van der Waals surface area contributed by atoms with Crippen LogP contribution < -0.4 is 10.1 Å². The molecule has 51 heavy (non-hydrogen) atoms. The molecule has 0 saturated carbocycles. The summed E-state index contributed by atoms with van der Waals surface area (Å²) in [6, 6.07) is 37.8. The topological polar surface area (TPSA) is 110 Å². The Morgan fingerprint density at radius 1 is 0.922 bits per heavy atom. The van der Waals surface area contributed by atoms with Gasteiger partial charge in [-0.15, -0.1) is 11.8 Å². The second-order valence-electron chi connectivity index (χ2n) is 12.9. The van der Waals surface area contributed by atoms with Crippen molar-refractivity contribution >= 4 is 23.4 Å². The molecule has 262 valence electrons. The van der Waals surface area contributed by atoms with E-state index in [0.29, 0.717) is 23.8 Å². The van der Waals surface area contributed by atoms with Crippen molar-refractivity contribution in [2.75, 3.05) is 19.7 Å². The van der Waals surface area contributed by atoms with Gasteiger partial charge >= 0.3 is 0 Å². The van der Waals surface area contributed by atoms with Crippen molar-refractivity contribution in [2.24, 2.45) is 0 Å². The van der Waals surface area contributed by atoms with Gasteiger partial charge in [-0.05, 0) is 86.7 Å². The molecule has 0 radical (unpaired) electrons. The number of ether oxygens (including phenoxy) is 1. The molecule has 1 aromatic heterocycles. The van der Waals surface area contributed by atoms with Gasteiger partial charge < -0.3 is 10.1 Å². The average molecular weight is 702 g/mol. The van der Waals surface area contributed by atoms with Gasteiger partial charge in [-0.3, -0.25) is 19.8 Å².